The second-order valence-electron chi connectivity index (χ2n) is 6.20. The third-order valence-corrected chi connectivity index (χ3v) is 4.48. The van der Waals surface area contributed by atoms with Crippen LogP contribution in [0.15, 0.2) is 42.5 Å². The monoisotopic (exact) mass is 319 g/mol. The Kier molecular flexibility index (Phi) is 4.81. The average Bonchev–Trinajstić information content (AvgIpc) is 2.82. The first-order chi connectivity index (χ1) is 11.7. The van der Waals surface area contributed by atoms with Gasteiger partial charge in [-0.25, -0.2) is 0 Å². The SMILES string of the molecule is N#Cc1ccc(CCC(=O)N2CCCCc3cc(N)ccc32)cc1. The van der Waals surface area contributed by atoms with Gasteiger partial charge in [0, 0.05) is 24.3 Å². The quantitative estimate of drug-likeness (QED) is 0.881. The van der Waals surface area contributed by atoms with Crippen LogP contribution in [0.3, 0.4) is 0 Å². The van der Waals surface area contributed by atoms with Crippen molar-refractivity contribution in [2.75, 3.05) is 17.2 Å². The minimum Gasteiger partial charge on any atom is -0.399 e. The number of benzene rings is 2. The van der Waals surface area contributed by atoms with Gasteiger partial charge in [-0.15, -0.1) is 0 Å². The summed E-state index contributed by atoms with van der Waals surface area (Å²) in [6.07, 6.45) is 4.22. The molecule has 0 bridgehead atoms. The molecular weight excluding hydrogens is 298 g/mol. The lowest BCUT2D eigenvalue weighted by Crippen LogP contribution is -2.31. The van der Waals surface area contributed by atoms with Crippen LogP contribution in [0.2, 0.25) is 0 Å². The molecule has 0 fully saturated rings. The van der Waals surface area contributed by atoms with E-state index in [0.717, 1.165) is 42.7 Å². The summed E-state index contributed by atoms with van der Waals surface area (Å²) in [6.45, 7) is 0.767. The number of rotatable bonds is 3. The smallest absolute Gasteiger partial charge is 0.227 e. The fraction of sp³-hybridized carbons (Fsp3) is 0.300. The Bertz CT molecular complexity index is 774. The summed E-state index contributed by atoms with van der Waals surface area (Å²) in [6, 6.07) is 15.4. The zero-order valence-electron chi connectivity index (χ0n) is 13.7. The molecule has 1 amide bonds. The lowest BCUT2D eigenvalue weighted by atomic mass is 10.1. The highest BCUT2D eigenvalue weighted by Crippen LogP contribution is 2.29. The molecule has 4 heteroatoms. The van der Waals surface area contributed by atoms with Gasteiger partial charge in [-0.3, -0.25) is 4.79 Å². The van der Waals surface area contributed by atoms with Gasteiger partial charge in [-0.05, 0) is 67.1 Å². The van der Waals surface area contributed by atoms with Crippen LogP contribution in [0.5, 0.6) is 0 Å². The van der Waals surface area contributed by atoms with Crippen LogP contribution in [0, 0.1) is 11.3 Å². The number of nitrogens with two attached hydrogens (primary N) is 1. The van der Waals surface area contributed by atoms with Crippen LogP contribution >= 0.6 is 0 Å². The van der Waals surface area contributed by atoms with Gasteiger partial charge in [0.2, 0.25) is 5.91 Å². The highest BCUT2D eigenvalue weighted by atomic mass is 16.2. The van der Waals surface area contributed by atoms with Crippen molar-refractivity contribution in [2.24, 2.45) is 0 Å². The van der Waals surface area contributed by atoms with E-state index in [0.29, 0.717) is 18.4 Å². The molecule has 0 radical (unpaired) electrons. The van der Waals surface area contributed by atoms with E-state index in [1.54, 1.807) is 12.1 Å². The maximum absolute atomic E-state index is 12.7. The normalized spacial score (nSPS) is 13.7. The number of aryl methyl sites for hydroxylation is 2. The molecule has 0 unspecified atom stereocenters. The lowest BCUT2D eigenvalue weighted by Gasteiger charge is -2.23. The Morgan fingerprint density at radius 1 is 1.17 bits per heavy atom. The van der Waals surface area contributed by atoms with Gasteiger partial charge >= 0.3 is 0 Å². The summed E-state index contributed by atoms with van der Waals surface area (Å²) in [5.74, 6) is 0.146. The van der Waals surface area contributed by atoms with E-state index >= 15 is 0 Å². The predicted molar refractivity (Wildman–Crippen MR) is 95.6 cm³/mol. The van der Waals surface area contributed by atoms with Crippen molar-refractivity contribution in [3.05, 3.63) is 59.2 Å². The number of carbonyl (C=O) groups excluding carboxylic acids is 1. The van der Waals surface area contributed by atoms with Crippen LogP contribution in [-0.2, 0) is 17.6 Å². The third-order valence-electron chi connectivity index (χ3n) is 4.48. The summed E-state index contributed by atoms with van der Waals surface area (Å²) < 4.78 is 0. The number of nitrogen functional groups attached to an aromatic ring is 1. The summed E-state index contributed by atoms with van der Waals surface area (Å²) in [5.41, 5.74) is 10.5. The van der Waals surface area contributed by atoms with Gasteiger partial charge in [-0.1, -0.05) is 12.1 Å². The van der Waals surface area contributed by atoms with Gasteiger partial charge in [-0.2, -0.15) is 5.26 Å². The van der Waals surface area contributed by atoms with Crippen molar-refractivity contribution in [3.8, 4) is 6.07 Å². The fourth-order valence-electron chi connectivity index (χ4n) is 3.17. The Balaban J connectivity index is 1.71. The number of amides is 1. The maximum Gasteiger partial charge on any atom is 0.227 e. The molecule has 4 nitrogen and oxygen atoms in total. The first-order valence-corrected chi connectivity index (χ1v) is 8.35. The molecule has 2 aromatic rings. The zero-order chi connectivity index (χ0) is 16.9. The van der Waals surface area contributed by atoms with Gasteiger partial charge in [0.05, 0.1) is 11.6 Å². The molecule has 3 rings (SSSR count). The topological polar surface area (TPSA) is 70.1 Å². The molecule has 2 aromatic carbocycles. The minimum absolute atomic E-state index is 0.146. The molecule has 1 aliphatic rings. The summed E-state index contributed by atoms with van der Waals surface area (Å²) in [7, 11) is 0. The van der Waals surface area contributed by atoms with E-state index in [4.69, 9.17) is 11.0 Å². The number of hydrogen-bond acceptors (Lipinski definition) is 3. The van der Waals surface area contributed by atoms with E-state index in [1.165, 1.54) is 5.56 Å². The number of carbonyl (C=O) groups is 1. The summed E-state index contributed by atoms with van der Waals surface area (Å²) in [5, 5.41) is 8.84. The third kappa shape index (κ3) is 3.57. The number of nitriles is 1. The molecule has 122 valence electrons. The number of anilines is 2. The van der Waals surface area contributed by atoms with Crippen LogP contribution < -0.4 is 10.6 Å². The molecule has 0 aromatic heterocycles. The Morgan fingerprint density at radius 2 is 1.96 bits per heavy atom. The van der Waals surface area contributed by atoms with Crippen LogP contribution in [0.1, 0.15) is 36.0 Å². The van der Waals surface area contributed by atoms with E-state index in [1.807, 2.05) is 35.2 Å². The Hall–Kier alpha value is -2.80. The van der Waals surface area contributed by atoms with Crippen molar-refractivity contribution in [3.63, 3.8) is 0 Å². The molecule has 2 N–H and O–H groups in total. The second kappa shape index (κ2) is 7.18. The summed E-state index contributed by atoms with van der Waals surface area (Å²) in [4.78, 5) is 14.6. The zero-order valence-corrected chi connectivity index (χ0v) is 13.7. The Morgan fingerprint density at radius 3 is 2.71 bits per heavy atom. The van der Waals surface area contributed by atoms with E-state index in [9.17, 15) is 4.79 Å². The fourth-order valence-corrected chi connectivity index (χ4v) is 3.17. The molecule has 0 saturated carbocycles. The molecule has 1 aliphatic heterocycles. The average molecular weight is 319 g/mol. The molecule has 0 aliphatic carbocycles. The van der Waals surface area contributed by atoms with Crippen molar-refractivity contribution < 1.29 is 4.79 Å². The highest BCUT2D eigenvalue weighted by molar-refractivity contribution is 5.94. The minimum atomic E-state index is 0.146. The molecule has 24 heavy (non-hydrogen) atoms. The molecule has 1 heterocycles. The van der Waals surface area contributed by atoms with Gasteiger partial charge in [0.25, 0.3) is 0 Å². The number of hydrogen-bond donors (Lipinski definition) is 1. The number of nitrogens with zero attached hydrogens (tertiary/aromatic N) is 2. The molecule has 0 spiro atoms. The molecular formula is C20H21N3O. The van der Waals surface area contributed by atoms with Gasteiger partial charge in [0.15, 0.2) is 0 Å². The highest BCUT2D eigenvalue weighted by Gasteiger charge is 2.21. The van der Waals surface area contributed by atoms with Crippen LogP contribution in [-0.4, -0.2) is 12.5 Å². The Labute approximate surface area is 142 Å². The van der Waals surface area contributed by atoms with E-state index in [2.05, 4.69) is 6.07 Å². The van der Waals surface area contributed by atoms with Crippen molar-refractivity contribution in [1.29, 1.82) is 5.26 Å². The first-order valence-electron chi connectivity index (χ1n) is 8.35. The van der Waals surface area contributed by atoms with Crippen LogP contribution in [0.25, 0.3) is 0 Å². The van der Waals surface area contributed by atoms with Gasteiger partial charge < -0.3 is 10.6 Å². The van der Waals surface area contributed by atoms with E-state index in [-0.39, 0.29) is 5.91 Å². The number of fused-ring (bicyclic) bond motifs is 1. The van der Waals surface area contributed by atoms with Crippen molar-refractivity contribution >= 4 is 17.3 Å². The second-order valence-corrected chi connectivity index (χ2v) is 6.20. The van der Waals surface area contributed by atoms with Crippen molar-refractivity contribution in [2.45, 2.75) is 32.1 Å². The first kappa shape index (κ1) is 16.1. The summed E-state index contributed by atoms with van der Waals surface area (Å²) >= 11 is 0. The molecule has 0 saturated heterocycles. The largest absolute Gasteiger partial charge is 0.399 e. The maximum atomic E-state index is 12.7. The standard InChI is InChI=1S/C20H21N3O/c21-14-16-6-4-15(5-7-16)8-11-20(24)23-12-2-1-3-17-13-18(22)9-10-19(17)23/h4-7,9-10,13H,1-3,8,11-12,22H2. The van der Waals surface area contributed by atoms with Crippen LogP contribution in [0.4, 0.5) is 11.4 Å². The van der Waals surface area contributed by atoms with Crippen molar-refractivity contribution in [1.82, 2.24) is 0 Å². The predicted octanol–water partition coefficient (Wildman–Crippen LogP) is 3.44. The molecule has 0 atom stereocenters. The van der Waals surface area contributed by atoms with Gasteiger partial charge in [0.1, 0.15) is 0 Å². The lowest BCUT2D eigenvalue weighted by molar-refractivity contribution is -0.118. The van der Waals surface area contributed by atoms with E-state index < -0.39 is 0 Å².